The van der Waals surface area contributed by atoms with Gasteiger partial charge in [-0.1, -0.05) is 19.1 Å². The van der Waals surface area contributed by atoms with E-state index in [1.807, 2.05) is 24.7 Å². The van der Waals surface area contributed by atoms with Crippen LogP contribution < -0.4 is 10.5 Å². The molecule has 108 valence electrons. The SMILES string of the molecule is COc1c(C)cnc(Cn2nnc(N)c2C(C)C)c1C. The first-order chi connectivity index (χ1) is 9.45. The summed E-state index contributed by atoms with van der Waals surface area (Å²) >= 11 is 0. The lowest BCUT2D eigenvalue weighted by molar-refractivity contribution is 0.406. The first kappa shape index (κ1) is 14.3. The van der Waals surface area contributed by atoms with E-state index < -0.39 is 0 Å². The third kappa shape index (κ3) is 2.45. The number of nitrogens with two attached hydrogens (primary N) is 1. The van der Waals surface area contributed by atoms with Crippen molar-refractivity contribution in [2.45, 2.75) is 40.2 Å². The molecule has 6 nitrogen and oxygen atoms in total. The minimum atomic E-state index is 0.262. The summed E-state index contributed by atoms with van der Waals surface area (Å²) in [5, 5.41) is 8.07. The number of rotatable bonds is 4. The molecule has 2 rings (SSSR count). The Balaban J connectivity index is 2.41. The monoisotopic (exact) mass is 275 g/mol. The number of aromatic nitrogens is 4. The molecule has 0 bridgehead atoms. The number of anilines is 1. The molecule has 0 aliphatic rings. The summed E-state index contributed by atoms with van der Waals surface area (Å²) < 4.78 is 7.24. The van der Waals surface area contributed by atoms with E-state index in [1.165, 1.54) is 0 Å². The van der Waals surface area contributed by atoms with E-state index >= 15 is 0 Å². The zero-order valence-electron chi connectivity index (χ0n) is 12.6. The van der Waals surface area contributed by atoms with Gasteiger partial charge in [-0.25, -0.2) is 4.68 Å². The number of aryl methyl sites for hydroxylation is 1. The molecule has 0 spiro atoms. The Morgan fingerprint density at radius 1 is 1.35 bits per heavy atom. The van der Waals surface area contributed by atoms with Crippen LogP contribution in [-0.2, 0) is 6.54 Å². The van der Waals surface area contributed by atoms with Gasteiger partial charge in [-0.2, -0.15) is 0 Å². The number of hydrogen-bond donors (Lipinski definition) is 1. The predicted octanol–water partition coefficient (Wildman–Crippen LogP) is 2.05. The molecule has 0 amide bonds. The first-order valence-electron chi connectivity index (χ1n) is 6.63. The lowest BCUT2D eigenvalue weighted by Crippen LogP contribution is -2.11. The Kier molecular flexibility index (Phi) is 3.92. The molecule has 0 aliphatic carbocycles. The lowest BCUT2D eigenvalue weighted by atomic mass is 10.1. The average Bonchev–Trinajstić information content (AvgIpc) is 2.75. The van der Waals surface area contributed by atoms with Crippen LogP contribution in [0.15, 0.2) is 6.20 Å². The Hall–Kier alpha value is -2.11. The van der Waals surface area contributed by atoms with Crippen LogP contribution in [-0.4, -0.2) is 27.1 Å². The Bertz CT molecular complexity index is 618. The molecular weight excluding hydrogens is 254 g/mol. The average molecular weight is 275 g/mol. The molecule has 2 aromatic heterocycles. The molecule has 2 aromatic rings. The van der Waals surface area contributed by atoms with Crippen molar-refractivity contribution in [1.82, 2.24) is 20.0 Å². The number of nitrogen functional groups attached to an aromatic ring is 1. The van der Waals surface area contributed by atoms with Crippen LogP contribution in [0.4, 0.5) is 5.82 Å². The van der Waals surface area contributed by atoms with E-state index in [4.69, 9.17) is 10.5 Å². The van der Waals surface area contributed by atoms with Gasteiger partial charge in [-0.15, -0.1) is 5.10 Å². The van der Waals surface area contributed by atoms with Crippen molar-refractivity contribution in [1.29, 1.82) is 0 Å². The molecule has 0 radical (unpaired) electrons. The molecule has 6 heteroatoms. The highest BCUT2D eigenvalue weighted by atomic mass is 16.5. The zero-order chi connectivity index (χ0) is 14.9. The second-order valence-corrected chi connectivity index (χ2v) is 5.22. The summed E-state index contributed by atoms with van der Waals surface area (Å²) in [6.07, 6.45) is 1.82. The second-order valence-electron chi connectivity index (χ2n) is 5.22. The highest BCUT2D eigenvalue weighted by Gasteiger charge is 2.16. The summed E-state index contributed by atoms with van der Waals surface area (Å²) in [4.78, 5) is 4.48. The molecule has 0 unspecified atom stereocenters. The fourth-order valence-corrected chi connectivity index (χ4v) is 2.42. The quantitative estimate of drug-likeness (QED) is 0.923. The van der Waals surface area contributed by atoms with Gasteiger partial charge in [0.15, 0.2) is 5.82 Å². The minimum absolute atomic E-state index is 0.262. The molecule has 0 saturated carbocycles. The summed E-state index contributed by atoms with van der Waals surface area (Å²) in [6.45, 7) is 8.67. The van der Waals surface area contributed by atoms with E-state index in [-0.39, 0.29) is 5.92 Å². The highest BCUT2D eigenvalue weighted by Crippen LogP contribution is 2.26. The van der Waals surface area contributed by atoms with Crippen LogP contribution in [0.1, 0.15) is 42.3 Å². The van der Waals surface area contributed by atoms with Gasteiger partial charge >= 0.3 is 0 Å². The summed E-state index contributed by atoms with van der Waals surface area (Å²) in [5.74, 6) is 1.61. The summed E-state index contributed by atoms with van der Waals surface area (Å²) in [7, 11) is 1.67. The lowest BCUT2D eigenvalue weighted by Gasteiger charge is -2.14. The zero-order valence-corrected chi connectivity index (χ0v) is 12.6. The van der Waals surface area contributed by atoms with Gasteiger partial charge in [0.1, 0.15) is 5.75 Å². The molecule has 20 heavy (non-hydrogen) atoms. The van der Waals surface area contributed by atoms with Crippen LogP contribution in [0.2, 0.25) is 0 Å². The van der Waals surface area contributed by atoms with Crippen molar-refractivity contribution in [2.75, 3.05) is 12.8 Å². The molecular formula is C14H21N5O. The van der Waals surface area contributed by atoms with E-state index in [9.17, 15) is 0 Å². The third-order valence-corrected chi connectivity index (χ3v) is 3.40. The van der Waals surface area contributed by atoms with Crippen molar-refractivity contribution < 1.29 is 4.74 Å². The van der Waals surface area contributed by atoms with Crippen molar-refractivity contribution in [2.24, 2.45) is 0 Å². The van der Waals surface area contributed by atoms with Gasteiger partial charge in [0, 0.05) is 17.3 Å². The third-order valence-electron chi connectivity index (χ3n) is 3.40. The number of hydrogen-bond acceptors (Lipinski definition) is 5. The smallest absolute Gasteiger partial charge is 0.169 e. The largest absolute Gasteiger partial charge is 0.496 e. The number of pyridine rings is 1. The normalized spacial score (nSPS) is 11.1. The van der Waals surface area contributed by atoms with Gasteiger partial charge in [0.25, 0.3) is 0 Å². The standard InChI is InChI=1S/C14H21N5O/c1-8(2)12-14(15)17-18-19(12)7-11-10(4)13(20-5)9(3)6-16-11/h6,8H,7,15H2,1-5H3. The molecule has 2 heterocycles. The second kappa shape index (κ2) is 5.48. The maximum atomic E-state index is 5.87. The van der Waals surface area contributed by atoms with Crippen LogP contribution in [0.25, 0.3) is 0 Å². The van der Waals surface area contributed by atoms with Gasteiger partial charge in [-0.3, -0.25) is 4.98 Å². The number of nitrogens with zero attached hydrogens (tertiary/aromatic N) is 4. The molecule has 2 N–H and O–H groups in total. The fourth-order valence-electron chi connectivity index (χ4n) is 2.42. The highest BCUT2D eigenvalue weighted by molar-refractivity contribution is 5.42. The van der Waals surface area contributed by atoms with Crippen LogP contribution in [0.3, 0.4) is 0 Å². The van der Waals surface area contributed by atoms with Gasteiger partial charge in [0.2, 0.25) is 0 Å². The van der Waals surface area contributed by atoms with E-state index in [1.54, 1.807) is 7.11 Å². The maximum Gasteiger partial charge on any atom is 0.169 e. The number of ether oxygens (including phenoxy) is 1. The Labute approximate surface area is 119 Å². The number of methoxy groups -OCH3 is 1. The van der Waals surface area contributed by atoms with Crippen LogP contribution in [0, 0.1) is 13.8 Å². The Morgan fingerprint density at radius 3 is 2.65 bits per heavy atom. The molecule has 0 aromatic carbocycles. The Morgan fingerprint density at radius 2 is 2.05 bits per heavy atom. The van der Waals surface area contributed by atoms with Crippen molar-refractivity contribution in [3.63, 3.8) is 0 Å². The first-order valence-corrected chi connectivity index (χ1v) is 6.63. The fraction of sp³-hybridized carbons (Fsp3) is 0.500. The van der Waals surface area contributed by atoms with E-state index in [0.717, 1.165) is 28.3 Å². The summed E-state index contributed by atoms with van der Waals surface area (Å²) in [5.41, 5.74) is 9.77. The van der Waals surface area contributed by atoms with Crippen LogP contribution >= 0.6 is 0 Å². The van der Waals surface area contributed by atoms with Gasteiger partial charge in [-0.05, 0) is 19.8 Å². The summed E-state index contributed by atoms with van der Waals surface area (Å²) in [6, 6.07) is 0. The maximum absolute atomic E-state index is 5.87. The predicted molar refractivity (Wildman–Crippen MR) is 77.9 cm³/mol. The van der Waals surface area contributed by atoms with Crippen molar-refractivity contribution in [3.8, 4) is 5.75 Å². The molecule has 0 fully saturated rings. The van der Waals surface area contributed by atoms with Crippen molar-refractivity contribution in [3.05, 3.63) is 28.7 Å². The molecule has 0 aliphatic heterocycles. The molecule has 0 atom stereocenters. The van der Waals surface area contributed by atoms with Gasteiger partial charge in [0.05, 0.1) is 25.0 Å². The minimum Gasteiger partial charge on any atom is -0.496 e. The topological polar surface area (TPSA) is 78.8 Å². The van der Waals surface area contributed by atoms with Crippen LogP contribution in [0.5, 0.6) is 5.75 Å². The molecule has 0 saturated heterocycles. The van der Waals surface area contributed by atoms with E-state index in [2.05, 4.69) is 29.1 Å². The van der Waals surface area contributed by atoms with E-state index in [0.29, 0.717) is 12.4 Å². The van der Waals surface area contributed by atoms with Crippen molar-refractivity contribution >= 4 is 5.82 Å². The van der Waals surface area contributed by atoms with Gasteiger partial charge < -0.3 is 10.5 Å².